The minimum absolute atomic E-state index is 0.141. The lowest BCUT2D eigenvalue weighted by Crippen LogP contribution is -2.28. The summed E-state index contributed by atoms with van der Waals surface area (Å²) in [7, 11) is 1.61. The van der Waals surface area contributed by atoms with Crippen LogP contribution < -0.4 is 4.74 Å². The Morgan fingerprint density at radius 1 is 1.59 bits per heavy atom. The van der Waals surface area contributed by atoms with Gasteiger partial charge in [-0.2, -0.15) is 0 Å². The summed E-state index contributed by atoms with van der Waals surface area (Å²) in [4.78, 5) is 17.7. The molecule has 92 valence electrons. The first kappa shape index (κ1) is 11.9. The standard InChI is InChI=1S/C13H18N2O2/c1-9-7-13(17-3)14-8-11(9)12-5-4-6-15(12)10(2)16/h7-8,12H,4-6H2,1-3H3/t12-/m0/s1. The number of nitrogens with zero attached hydrogens (tertiary/aromatic N) is 2. The van der Waals surface area contributed by atoms with Gasteiger partial charge in [0.15, 0.2) is 0 Å². The van der Waals surface area contributed by atoms with Gasteiger partial charge in [-0.25, -0.2) is 4.98 Å². The number of rotatable bonds is 2. The third-order valence-electron chi connectivity index (χ3n) is 3.35. The second-order valence-corrected chi connectivity index (χ2v) is 4.45. The van der Waals surface area contributed by atoms with Crippen molar-refractivity contribution in [2.24, 2.45) is 0 Å². The van der Waals surface area contributed by atoms with E-state index in [9.17, 15) is 4.79 Å². The van der Waals surface area contributed by atoms with Crippen LogP contribution in [0.15, 0.2) is 12.3 Å². The molecule has 0 N–H and O–H groups in total. The number of likely N-dealkylation sites (tertiary alicyclic amines) is 1. The van der Waals surface area contributed by atoms with Crippen LogP contribution in [0.5, 0.6) is 5.88 Å². The Kier molecular flexibility index (Phi) is 3.31. The summed E-state index contributed by atoms with van der Waals surface area (Å²) >= 11 is 0. The van der Waals surface area contributed by atoms with E-state index >= 15 is 0 Å². The first-order valence-corrected chi connectivity index (χ1v) is 5.91. The summed E-state index contributed by atoms with van der Waals surface area (Å²) in [5.41, 5.74) is 2.27. The molecule has 1 amide bonds. The van der Waals surface area contributed by atoms with Crippen LogP contribution in [0.1, 0.15) is 36.9 Å². The molecule has 0 unspecified atom stereocenters. The first-order valence-electron chi connectivity index (χ1n) is 5.91. The summed E-state index contributed by atoms with van der Waals surface area (Å²) < 4.78 is 5.10. The van der Waals surface area contributed by atoms with Crippen LogP contribution in [0.2, 0.25) is 0 Å². The molecule has 17 heavy (non-hydrogen) atoms. The lowest BCUT2D eigenvalue weighted by Gasteiger charge is -2.24. The highest BCUT2D eigenvalue weighted by Crippen LogP contribution is 2.33. The van der Waals surface area contributed by atoms with Gasteiger partial charge in [0.1, 0.15) is 0 Å². The van der Waals surface area contributed by atoms with E-state index in [4.69, 9.17) is 4.74 Å². The second kappa shape index (κ2) is 4.73. The Morgan fingerprint density at radius 3 is 2.94 bits per heavy atom. The summed E-state index contributed by atoms with van der Waals surface area (Å²) in [6, 6.07) is 2.11. The molecule has 1 fully saturated rings. The molecule has 1 aliphatic rings. The fraction of sp³-hybridized carbons (Fsp3) is 0.538. The smallest absolute Gasteiger partial charge is 0.219 e. The van der Waals surface area contributed by atoms with E-state index in [1.165, 1.54) is 0 Å². The third-order valence-corrected chi connectivity index (χ3v) is 3.35. The van der Waals surface area contributed by atoms with Crippen LogP contribution in [0.4, 0.5) is 0 Å². The molecule has 4 heteroatoms. The van der Waals surface area contributed by atoms with Crippen molar-refractivity contribution < 1.29 is 9.53 Å². The van der Waals surface area contributed by atoms with Crippen molar-refractivity contribution in [1.82, 2.24) is 9.88 Å². The maximum atomic E-state index is 11.5. The summed E-state index contributed by atoms with van der Waals surface area (Å²) in [5, 5.41) is 0. The molecule has 1 aliphatic heterocycles. The number of carbonyl (C=O) groups excluding carboxylic acids is 1. The van der Waals surface area contributed by atoms with E-state index in [2.05, 4.69) is 4.98 Å². The SMILES string of the molecule is COc1cc(C)c([C@@H]2CCCN2C(C)=O)cn1. The Bertz CT molecular complexity index is 431. The average Bonchev–Trinajstić information content (AvgIpc) is 2.77. The Labute approximate surface area is 102 Å². The van der Waals surface area contributed by atoms with Gasteiger partial charge >= 0.3 is 0 Å². The number of hydrogen-bond acceptors (Lipinski definition) is 3. The normalized spacial score (nSPS) is 19.5. The maximum absolute atomic E-state index is 11.5. The van der Waals surface area contributed by atoms with Crippen molar-refractivity contribution in [3.8, 4) is 5.88 Å². The van der Waals surface area contributed by atoms with Crippen molar-refractivity contribution in [3.05, 3.63) is 23.4 Å². The lowest BCUT2D eigenvalue weighted by molar-refractivity contribution is -0.129. The molecule has 0 spiro atoms. The van der Waals surface area contributed by atoms with E-state index in [0.29, 0.717) is 5.88 Å². The number of aromatic nitrogens is 1. The number of carbonyl (C=O) groups is 1. The Morgan fingerprint density at radius 2 is 2.35 bits per heavy atom. The highest BCUT2D eigenvalue weighted by Gasteiger charge is 2.29. The number of methoxy groups -OCH3 is 1. The van der Waals surface area contributed by atoms with E-state index in [1.807, 2.05) is 24.1 Å². The topological polar surface area (TPSA) is 42.4 Å². The second-order valence-electron chi connectivity index (χ2n) is 4.45. The number of pyridine rings is 1. The van der Waals surface area contributed by atoms with Crippen LogP contribution in [-0.2, 0) is 4.79 Å². The van der Waals surface area contributed by atoms with Crippen molar-refractivity contribution in [3.63, 3.8) is 0 Å². The number of aryl methyl sites for hydroxylation is 1. The molecule has 0 radical (unpaired) electrons. The third kappa shape index (κ3) is 2.25. The van der Waals surface area contributed by atoms with Gasteiger partial charge in [-0.1, -0.05) is 0 Å². The monoisotopic (exact) mass is 234 g/mol. The van der Waals surface area contributed by atoms with Gasteiger partial charge in [0.05, 0.1) is 13.2 Å². The fourth-order valence-corrected chi connectivity index (χ4v) is 2.47. The maximum Gasteiger partial charge on any atom is 0.219 e. The van der Waals surface area contributed by atoms with Crippen molar-refractivity contribution in [2.75, 3.05) is 13.7 Å². The lowest BCUT2D eigenvalue weighted by atomic mass is 10.0. The van der Waals surface area contributed by atoms with Gasteiger partial charge < -0.3 is 9.64 Å². The Hall–Kier alpha value is -1.58. The predicted molar refractivity (Wildman–Crippen MR) is 64.9 cm³/mol. The van der Waals surface area contributed by atoms with Crippen LogP contribution >= 0.6 is 0 Å². The summed E-state index contributed by atoms with van der Waals surface area (Å²) in [6.45, 7) is 4.52. The molecule has 1 saturated heterocycles. The fourth-order valence-electron chi connectivity index (χ4n) is 2.47. The summed E-state index contributed by atoms with van der Waals surface area (Å²) in [5.74, 6) is 0.765. The molecule has 2 heterocycles. The first-order chi connectivity index (χ1) is 8.13. The van der Waals surface area contributed by atoms with Crippen molar-refractivity contribution >= 4 is 5.91 Å². The molecule has 1 aromatic heterocycles. The van der Waals surface area contributed by atoms with Crippen LogP contribution in [0.3, 0.4) is 0 Å². The van der Waals surface area contributed by atoms with Gasteiger partial charge in [0, 0.05) is 25.7 Å². The highest BCUT2D eigenvalue weighted by atomic mass is 16.5. The van der Waals surface area contributed by atoms with Gasteiger partial charge in [-0.3, -0.25) is 4.79 Å². The van der Waals surface area contributed by atoms with Crippen molar-refractivity contribution in [2.45, 2.75) is 32.7 Å². The minimum Gasteiger partial charge on any atom is -0.481 e. The van der Waals surface area contributed by atoms with E-state index < -0.39 is 0 Å². The minimum atomic E-state index is 0.141. The summed E-state index contributed by atoms with van der Waals surface area (Å²) in [6.07, 6.45) is 3.92. The van der Waals surface area contributed by atoms with Gasteiger partial charge in [-0.15, -0.1) is 0 Å². The molecular formula is C13H18N2O2. The molecule has 0 saturated carbocycles. The highest BCUT2D eigenvalue weighted by molar-refractivity contribution is 5.74. The molecule has 4 nitrogen and oxygen atoms in total. The van der Waals surface area contributed by atoms with E-state index in [0.717, 1.165) is 30.5 Å². The molecule has 0 aliphatic carbocycles. The zero-order valence-corrected chi connectivity index (χ0v) is 10.6. The zero-order chi connectivity index (χ0) is 12.4. The largest absolute Gasteiger partial charge is 0.481 e. The number of amides is 1. The van der Waals surface area contributed by atoms with Crippen LogP contribution in [0, 0.1) is 6.92 Å². The Balaban J connectivity index is 2.30. The molecular weight excluding hydrogens is 216 g/mol. The van der Waals surface area contributed by atoms with E-state index in [1.54, 1.807) is 14.0 Å². The van der Waals surface area contributed by atoms with Crippen LogP contribution in [0.25, 0.3) is 0 Å². The van der Waals surface area contributed by atoms with Gasteiger partial charge in [0.25, 0.3) is 0 Å². The molecule has 0 aromatic carbocycles. The van der Waals surface area contributed by atoms with E-state index in [-0.39, 0.29) is 11.9 Å². The predicted octanol–water partition coefficient (Wildman–Crippen LogP) is 2.08. The van der Waals surface area contributed by atoms with Gasteiger partial charge in [-0.05, 0) is 30.9 Å². The molecule has 1 atom stereocenters. The molecule has 0 bridgehead atoms. The molecule has 2 rings (SSSR count). The van der Waals surface area contributed by atoms with Gasteiger partial charge in [0.2, 0.25) is 11.8 Å². The van der Waals surface area contributed by atoms with Crippen LogP contribution in [-0.4, -0.2) is 29.4 Å². The quantitative estimate of drug-likeness (QED) is 0.786. The average molecular weight is 234 g/mol. The molecule has 1 aromatic rings. The van der Waals surface area contributed by atoms with Crippen molar-refractivity contribution in [1.29, 1.82) is 0 Å². The zero-order valence-electron chi connectivity index (χ0n) is 10.6. The number of ether oxygens (including phenoxy) is 1. The number of hydrogen-bond donors (Lipinski definition) is 0.